The van der Waals surface area contributed by atoms with E-state index in [2.05, 4.69) is 12.1 Å². The Balaban J connectivity index is 1.28. The van der Waals surface area contributed by atoms with Crippen molar-refractivity contribution in [2.45, 2.75) is 69.8 Å². The minimum absolute atomic E-state index is 0.0187. The van der Waals surface area contributed by atoms with E-state index in [1.165, 1.54) is 31.2 Å². The van der Waals surface area contributed by atoms with Gasteiger partial charge in [0.25, 0.3) is 0 Å². The van der Waals surface area contributed by atoms with E-state index < -0.39 is 0 Å². The maximum absolute atomic E-state index is 13.4. The van der Waals surface area contributed by atoms with Crippen molar-refractivity contribution in [1.29, 1.82) is 0 Å². The standard InChI is InChI=1S/C35H44O7/c1-37-25-40-29-18-16-28(17-19-29)34-32(31-21-20-30(41-26-38-2)23-33(31)42-35(34)36)15-11-6-4-3-5-7-12-22-39-24-27-13-9-8-10-14-27/h8-10,13-14,16-21,23,32,34H,3-7,11-12,15,22,24-26H2,1-2H3/t32-,34-/m1/s1. The molecular formula is C35H44O7. The van der Waals surface area contributed by atoms with E-state index in [9.17, 15) is 4.79 Å². The smallest absolute Gasteiger partial charge is 0.319 e. The Hall–Kier alpha value is -3.39. The van der Waals surface area contributed by atoms with Crippen LogP contribution in [0.5, 0.6) is 17.2 Å². The zero-order valence-corrected chi connectivity index (χ0v) is 24.9. The number of rotatable bonds is 19. The summed E-state index contributed by atoms with van der Waals surface area (Å²) in [7, 11) is 3.16. The highest BCUT2D eigenvalue weighted by Gasteiger charge is 2.38. The fraction of sp³-hybridized carbons (Fsp3) is 0.457. The van der Waals surface area contributed by atoms with Crippen molar-refractivity contribution in [3.05, 3.63) is 89.5 Å². The number of fused-ring (bicyclic) bond motifs is 1. The fourth-order valence-electron chi connectivity index (χ4n) is 5.45. The van der Waals surface area contributed by atoms with Crippen LogP contribution in [0.4, 0.5) is 0 Å². The third-order valence-electron chi connectivity index (χ3n) is 7.59. The van der Waals surface area contributed by atoms with Gasteiger partial charge in [0.15, 0.2) is 13.6 Å². The molecule has 3 aromatic carbocycles. The third-order valence-corrected chi connectivity index (χ3v) is 7.59. The zero-order valence-electron chi connectivity index (χ0n) is 24.9. The molecule has 7 heteroatoms. The molecule has 1 aliphatic rings. The fourth-order valence-corrected chi connectivity index (χ4v) is 5.45. The summed E-state index contributed by atoms with van der Waals surface area (Å²) in [5, 5.41) is 0. The van der Waals surface area contributed by atoms with Crippen molar-refractivity contribution in [2.24, 2.45) is 0 Å². The van der Waals surface area contributed by atoms with Crippen LogP contribution >= 0.6 is 0 Å². The minimum Gasteiger partial charge on any atom is -0.468 e. The normalized spacial score (nSPS) is 16.1. The van der Waals surface area contributed by atoms with E-state index in [-0.39, 0.29) is 31.4 Å². The number of ether oxygens (including phenoxy) is 6. The quantitative estimate of drug-likeness (QED) is 0.0625. The van der Waals surface area contributed by atoms with Crippen molar-refractivity contribution in [2.75, 3.05) is 34.4 Å². The Morgan fingerprint density at radius 2 is 1.36 bits per heavy atom. The molecule has 0 saturated carbocycles. The topological polar surface area (TPSA) is 72.5 Å². The summed E-state index contributed by atoms with van der Waals surface area (Å²) in [6.45, 7) is 1.81. The first kappa shape index (κ1) is 31.5. The van der Waals surface area contributed by atoms with Crippen LogP contribution in [0, 0.1) is 0 Å². The molecule has 0 fully saturated rings. The first-order valence-corrected chi connectivity index (χ1v) is 15.0. The first-order chi connectivity index (χ1) is 20.7. The molecule has 2 atom stereocenters. The van der Waals surface area contributed by atoms with Crippen LogP contribution in [0.25, 0.3) is 0 Å². The van der Waals surface area contributed by atoms with Crippen LogP contribution in [-0.2, 0) is 25.6 Å². The summed E-state index contributed by atoms with van der Waals surface area (Å²) in [6.07, 6.45) is 9.00. The van der Waals surface area contributed by atoms with Gasteiger partial charge in [0.05, 0.1) is 12.5 Å². The first-order valence-electron chi connectivity index (χ1n) is 15.0. The lowest BCUT2D eigenvalue weighted by Crippen LogP contribution is -2.30. The predicted octanol–water partition coefficient (Wildman–Crippen LogP) is 7.78. The summed E-state index contributed by atoms with van der Waals surface area (Å²) in [4.78, 5) is 13.4. The largest absolute Gasteiger partial charge is 0.468 e. The average Bonchev–Trinajstić information content (AvgIpc) is 3.02. The number of hydrogen-bond acceptors (Lipinski definition) is 7. The number of hydrogen-bond donors (Lipinski definition) is 0. The highest BCUT2D eigenvalue weighted by molar-refractivity contribution is 5.84. The number of carbonyl (C=O) groups is 1. The van der Waals surface area contributed by atoms with E-state index in [0.29, 0.717) is 23.9 Å². The Kier molecular flexibility index (Phi) is 13.2. The van der Waals surface area contributed by atoms with Crippen LogP contribution in [0.3, 0.4) is 0 Å². The summed E-state index contributed by atoms with van der Waals surface area (Å²) >= 11 is 0. The highest BCUT2D eigenvalue weighted by atomic mass is 16.7. The second-order valence-electron chi connectivity index (χ2n) is 10.7. The summed E-state index contributed by atoms with van der Waals surface area (Å²) in [6, 6.07) is 23.7. The molecule has 0 aliphatic carbocycles. The van der Waals surface area contributed by atoms with Crippen LogP contribution in [0.2, 0.25) is 0 Å². The van der Waals surface area contributed by atoms with Gasteiger partial charge in [0.2, 0.25) is 0 Å². The SMILES string of the molecule is COCOc1ccc([C@H]2C(=O)Oc3cc(OCOC)ccc3[C@H]2CCCCCCCCCOCc2ccccc2)cc1. The van der Waals surface area contributed by atoms with Crippen molar-refractivity contribution in [1.82, 2.24) is 0 Å². The molecule has 226 valence electrons. The monoisotopic (exact) mass is 576 g/mol. The molecule has 0 unspecified atom stereocenters. The number of esters is 1. The Bertz CT molecular complexity index is 1200. The third kappa shape index (κ3) is 9.58. The van der Waals surface area contributed by atoms with E-state index in [0.717, 1.165) is 43.4 Å². The molecule has 0 amide bonds. The van der Waals surface area contributed by atoms with Gasteiger partial charge in [-0.05, 0) is 47.7 Å². The lowest BCUT2D eigenvalue weighted by Gasteiger charge is -2.32. The molecule has 4 rings (SSSR count). The van der Waals surface area contributed by atoms with Crippen LogP contribution in [-0.4, -0.2) is 40.4 Å². The van der Waals surface area contributed by atoms with Gasteiger partial charge in [0.1, 0.15) is 17.2 Å². The van der Waals surface area contributed by atoms with Gasteiger partial charge < -0.3 is 28.4 Å². The molecule has 0 aromatic heterocycles. The maximum atomic E-state index is 13.4. The zero-order chi connectivity index (χ0) is 29.4. The lowest BCUT2D eigenvalue weighted by molar-refractivity contribution is -0.138. The Labute approximate surface area is 250 Å². The van der Waals surface area contributed by atoms with Gasteiger partial charge >= 0.3 is 5.97 Å². The van der Waals surface area contributed by atoms with Crippen LogP contribution < -0.4 is 14.2 Å². The average molecular weight is 577 g/mol. The second kappa shape index (κ2) is 17.5. The van der Waals surface area contributed by atoms with E-state index >= 15 is 0 Å². The summed E-state index contributed by atoms with van der Waals surface area (Å²) < 4.78 is 32.8. The molecule has 7 nitrogen and oxygen atoms in total. The van der Waals surface area contributed by atoms with E-state index in [4.69, 9.17) is 28.4 Å². The van der Waals surface area contributed by atoms with E-state index in [1.807, 2.05) is 54.6 Å². The molecule has 0 saturated heterocycles. The Morgan fingerprint density at radius 3 is 2.07 bits per heavy atom. The van der Waals surface area contributed by atoms with Gasteiger partial charge in [-0.1, -0.05) is 87.1 Å². The second-order valence-corrected chi connectivity index (χ2v) is 10.7. The number of benzene rings is 3. The van der Waals surface area contributed by atoms with Gasteiger partial charge in [-0.25, -0.2) is 0 Å². The molecule has 42 heavy (non-hydrogen) atoms. The molecule has 1 heterocycles. The number of unbranched alkanes of at least 4 members (excludes halogenated alkanes) is 6. The van der Waals surface area contributed by atoms with E-state index in [1.54, 1.807) is 20.3 Å². The molecule has 3 aromatic rings. The number of methoxy groups -OCH3 is 2. The van der Waals surface area contributed by atoms with Crippen LogP contribution in [0.15, 0.2) is 72.8 Å². The van der Waals surface area contributed by atoms with Gasteiger partial charge in [-0.3, -0.25) is 4.79 Å². The lowest BCUT2D eigenvalue weighted by atomic mass is 9.76. The molecule has 0 spiro atoms. The predicted molar refractivity (Wildman–Crippen MR) is 162 cm³/mol. The maximum Gasteiger partial charge on any atom is 0.319 e. The number of carbonyl (C=O) groups excluding carboxylic acids is 1. The van der Waals surface area contributed by atoms with Gasteiger partial charge in [-0.15, -0.1) is 0 Å². The molecule has 0 N–H and O–H groups in total. The molecular weight excluding hydrogens is 532 g/mol. The van der Waals surface area contributed by atoms with Crippen molar-refractivity contribution in [3.8, 4) is 17.2 Å². The van der Waals surface area contributed by atoms with Gasteiger partial charge in [-0.2, -0.15) is 0 Å². The van der Waals surface area contributed by atoms with Crippen LogP contribution in [0.1, 0.15) is 79.9 Å². The molecule has 0 bridgehead atoms. The highest BCUT2D eigenvalue weighted by Crippen LogP contribution is 2.47. The van der Waals surface area contributed by atoms with Crippen molar-refractivity contribution in [3.63, 3.8) is 0 Å². The van der Waals surface area contributed by atoms with Crippen molar-refractivity contribution < 1.29 is 33.2 Å². The molecule has 1 aliphatic heterocycles. The van der Waals surface area contributed by atoms with Gasteiger partial charge in [0, 0.05) is 32.8 Å². The summed E-state index contributed by atoms with van der Waals surface area (Å²) in [5.74, 6) is 1.29. The Morgan fingerprint density at radius 1 is 0.714 bits per heavy atom. The minimum atomic E-state index is -0.379. The van der Waals surface area contributed by atoms with Crippen molar-refractivity contribution >= 4 is 5.97 Å². The molecule has 0 radical (unpaired) electrons. The summed E-state index contributed by atoms with van der Waals surface area (Å²) in [5.41, 5.74) is 3.19.